The second-order valence-corrected chi connectivity index (χ2v) is 12.5. The van der Waals surface area contributed by atoms with Gasteiger partial charge in [0.2, 0.25) is 5.75 Å². The summed E-state index contributed by atoms with van der Waals surface area (Å²) in [7, 11) is 2.40. The van der Waals surface area contributed by atoms with Crippen LogP contribution in [0.5, 0.6) is 11.6 Å². The predicted molar refractivity (Wildman–Crippen MR) is 114 cm³/mol. The molecule has 1 heterocycles. The summed E-state index contributed by atoms with van der Waals surface area (Å²) in [5.41, 5.74) is 6.16. The van der Waals surface area contributed by atoms with E-state index in [1.165, 1.54) is 21.3 Å². The molecule has 0 unspecified atom stereocenters. The van der Waals surface area contributed by atoms with Crippen molar-refractivity contribution in [2.24, 2.45) is 7.05 Å². The normalized spacial score (nSPS) is 10.8. The summed E-state index contributed by atoms with van der Waals surface area (Å²) in [5, 5.41) is 4.05. The third-order valence-electron chi connectivity index (χ3n) is 4.02. The standard InChI is InChI=1S/C21H26N2O5Si/c1-13-11-14(2)16(15(12-13)9-10-29(6,7)8)17-18(28-21(25)27-5)19(26-4)22-23(3)20(17)24/h11-12H,1-8H3. The SMILES string of the molecule is COC(=O)Oc1c(OC)nn(C)c(=O)c1-c1c(C)cc(C)cc1C#C[Si](C)(C)C. The average Bonchev–Trinajstić information content (AvgIpc) is 2.63. The molecule has 29 heavy (non-hydrogen) atoms. The number of carbonyl (C=O) groups is 1. The van der Waals surface area contributed by atoms with Crippen LogP contribution in [0.3, 0.4) is 0 Å². The second-order valence-electron chi connectivity index (χ2n) is 7.70. The molecule has 8 heteroatoms. The predicted octanol–water partition coefficient (Wildman–Crippen LogP) is 3.45. The molecule has 0 amide bonds. The first kappa shape index (κ1) is 22.2. The minimum atomic E-state index is -1.67. The highest BCUT2D eigenvalue weighted by Gasteiger charge is 2.26. The summed E-state index contributed by atoms with van der Waals surface area (Å²) in [4.78, 5) is 24.9. The van der Waals surface area contributed by atoms with Crippen LogP contribution in [0.15, 0.2) is 16.9 Å². The summed E-state index contributed by atoms with van der Waals surface area (Å²) in [6.45, 7) is 10.3. The molecule has 0 N–H and O–H groups in total. The van der Waals surface area contributed by atoms with E-state index < -0.39 is 19.8 Å². The summed E-state index contributed by atoms with van der Waals surface area (Å²) in [5.74, 6) is 3.15. The van der Waals surface area contributed by atoms with Crippen molar-refractivity contribution in [3.8, 4) is 34.2 Å². The Morgan fingerprint density at radius 2 is 1.79 bits per heavy atom. The Morgan fingerprint density at radius 1 is 1.14 bits per heavy atom. The number of aryl methyl sites for hydroxylation is 3. The maximum atomic E-state index is 13.1. The fourth-order valence-corrected chi connectivity index (χ4v) is 3.33. The van der Waals surface area contributed by atoms with Gasteiger partial charge in [0.1, 0.15) is 8.07 Å². The van der Waals surface area contributed by atoms with Gasteiger partial charge in [-0.25, -0.2) is 9.48 Å². The Bertz CT molecular complexity index is 1070. The molecule has 0 atom stereocenters. The number of hydrogen-bond donors (Lipinski definition) is 0. The molecule has 2 rings (SSSR count). The van der Waals surface area contributed by atoms with Gasteiger partial charge in [0.15, 0.2) is 0 Å². The lowest BCUT2D eigenvalue weighted by Gasteiger charge is -2.17. The molecular formula is C21H26N2O5Si. The van der Waals surface area contributed by atoms with Crippen LogP contribution in [0.4, 0.5) is 4.79 Å². The summed E-state index contributed by atoms with van der Waals surface area (Å²) in [6.07, 6.45) is -0.973. The van der Waals surface area contributed by atoms with Gasteiger partial charge >= 0.3 is 6.16 Å². The smallest absolute Gasteiger partial charge is 0.477 e. The van der Waals surface area contributed by atoms with Gasteiger partial charge in [-0.2, -0.15) is 0 Å². The summed E-state index contributed by atoms with van der Waals surface area (Å²) in [6, 6.07) is 3.87. The van der Waals surface area contributed by atoms with Crippen molar-refractivity contribution in [3.63, 3.8) is 0 Å². The molecule has 0 fully saturated rings. The number of ether oxygens (including phenoxy) is 3. The Balaban J connectivity index is 2.96. The van der Waals surface area contributed by atoms with Crippen molar-refractivity contribution in [1.29, 1.82) is 0 Å². The third-order valence-corrected chi connectivity index (χ3v) is 4.89. The minimum Gasteiger partial charge on any atom is -0.477 e. The van der Waals surface area contributed by atoms with E-state index in [-0.39, 0.29) is 17.2 Å². The third kappa shape index (κ3) is 5.06. The molecule has 1 aromatic carbocycles. The van der Waals surface area contributed by atoms with Crippen molar-refractivity contribution >= 4 is 14.2 Å². The minimum absolute atomic E-state index is 0.00317. The molecule has 0 saturated carbocycles. The first-order valence-corrected chi connectivity index (χ1v) is 12.5. The van der Waals surface area contributed by atoms with Crippen molar-refractivity contribution in [1.82, 2.24) is 9.78 Å². The van der Waals surface area contributed by atoms with E-state index in [1.54, 1.807) is 0 Å². The summed E-state index contributed by atoms with van der Waals surface area (Å²) >= 11 is 0. The largest absolute Gasteiger partial charge is 0.513 e. The van der Waals surface area contributed by atoms with Crippen molar-refractivity contribution in [2.45, 2.75) is 33.5 Å². The molecule has 2 aromatic rings. The van der Waals surface area contributed by atoms with Crippen LogP contribution in [0, 0.1) is 25.3 Å². The second kappa shape index (κ2) is 8.53. The maximum absolute atomic E-state index is 13.1. The van der Waals surface area contributed by atoms with Crippen LogP contribution >= 0.6 is 0 Å². The number of methoxy groups -OCH3 is 2. The van der Waals surface area contributed by atoms with E-state index in [2.05, 4.69) is 40.9 Å². The van der Waals surface area contributed by atoms with Crippen molar-refractivity contribution < 1.29 is 19.0 Å². The first-order valence-electron chi connectivity index (χ1n) is 9.04. The molecule has 0 aliphatic rings. The number of carbonyl (C=O) groups excluding carboxylic acids is 1. The van der Waals surface area contributed by atoms with Crippen LogP contribution < -0.4 is 15.0 Å². The van der Waals surface area contributed by atoms with Gasteiger partial charge in [-0.1, -0.05) is 31.6 Å². The number of aromatic nitrogens is 2. The Hall–Kier alpha value is -3.05. The van der Waals surface area contributed by atoms with Crippen LogP contribution in [-0.2, 0) is 11.8 Å². The molecular weight excluding hydrogens is 388 g/mol. The fraction of sp³-hybridized carbons (Fsp3) is 0.381. The van der Waals surface area contributed by atoms with E-state index in [4.69, 9.17) is 9.47 Å². The molecule has 154 valence electrons. The Kier molecular flexibility index (Phi) is 6.54. The van der Waals surface area contributed by atoms with Crippen LogP contribution in [0.25, 0.3) is 11.1 Å². The van der Waals surface area contributed by atoms with Gasteiger partial charge in [-0.05, 0) is 31.0 Å². The van der Waals surface area contributed by atoms with Crippen LogP contribution in [-0.4, -0.2) is 38.2 Å². The lowest BCUT2D eigenvalue weighted by molar-refractivity contribution is 0.119. The molecule has 0 aliphatic carbocycles. The first-order chi connectivity index (χ1) is 13.5. The van der Waals surface area contributed by atoms with E-state index in [0.29, 0.717) is 11.1 Å². The van der Waals surface area contributed by atoms with Crippen LogP contribution in [0.1, 0.15) is 16.7 Å². The Morgan fingerprint density at radius 3 is 2.34 bits per heavy atom. The number of nitrogens with zero attached hydrogens (tertiary/aromatic N) is 2. The lowest BCUT2D eigenvalue weighted by atomic mass is 9.93. The number of rotatable bonds is 3. The maximum Gasteiger partial charge on any atom is 0.513 e. The molecule has 0 bridgehead atoms. The molecule has 0 saturated heterocycles. The van der Waals surface area contributed by atoms with E-state index in [0.717, 1.165) is 15.8 Å². The fourth-order valence-electron chi connectivity index (χ4n) is 2.82. The van der Waals surface area contributed by atoms with Gasteiger partial charge in [0.25, 0.3) is 11.4 Å². The van der Waals surface area contributed by atoms with Gasteiger partial charge in [0.05, 0.1) is 19.8 Å². The topological polar surface area (TPSA) is 79.7 Å². The zero-order valence-electron chi connectivity index (χ0n) is 18.1. The van der Waals surface area contributed by atoms with Gasteiger partial charge in [-0.15, -0.1) is 10.6 Å². The Labute approximate surface area is 171 Å². The molecule has 0 spiro atoms. The van der Waals surface area contributed by atoms with Gasteiger partial charge in [0, 0.05) is 18.2 Å². The van der Waals surface area contributed by atoms with Crippen molar-refractivity contribution in [3.05, 3.63) is 39.2 Å². The highest BCUT2D eigenvalue weighted by atomic mass is 28.3. The zero-order valence-corrected chi connectivity index (χ0v) is 19.1. The van der Waals surface area contributed by atoms with Gasteiger partial charge < -0.3 is 14.2 Å². The van der Waals surface area contributed by atoms with E-state index in [9.17, 15) is 9.59 Å². The lowest BCUT2D eigenvalue weighted by Crippen LogP contribution is -2.25. The average molecular weight is 415 g/mol. The molecule has 7 nitrogen and oxygen atoms in total. The van der Waals surface area contributed by atoms with E-state index >= 15 is 0 Å². The van der Waals surface area contributed by atoms with Gasteiger partial charge in [-0.3, -0.25) is 4.79 Å². The molecule has 1 aromatic heterocycles. The zero-order chi connectivity index (χ0) is 21.9. The van der Waals surface area contributed by atoms with E-state index in [1.807, 2.05) is 26.0 Å². The highest BCUT2D eigenvalue weighted by Crippen LogP contribution is 2.37. The monoisotopic (exact) mass is 414 g/mol. The highest BCUT2D eigenvalue weighted by molar-refractivity contribution is 6.83. The van der Waals surface area contributed by atoms with Crippen molar-refractivity contribution in [2.75, 3.05) is 14.2 Å². The summed E-state index contributed by atoms with van der Waals surface area (Å²) < 4.78 is 16.3. The number of hydrogen-bond acceptors (Lipinski definition) is 6. The molecule has 0 radical (unpaired) electrons. The number of benzene rings is 1. The quantitative estimate of drug-likeness (QED) is 0.435. The molecule has 0 aliphatic heterocycles. The van der Waals surface area contributed by atoms with Crippen LogP contribution in [0.2, 0.25) is 19.6 Å².